The van der Waals surface area contributed by atoms with Gasteiger partial charge in [0.15, 0.2) is 9.84 Å². The second-order valence-corrected chi connectivity index (χ2v) is 9.23. The monoisotopic (exact) mass is 428 g/mol. The van der Waals surface area contributed by atoms with Gasteiger partial charge in [-0.1, -0.05) is 12.1 Å². The number of sulfone groups is 1. The van der Waals surface area contributed by atoms with Gasteiger partial charge in [0, 0.05) is 49.8 Å². The maximum absolute atomic E-state index is 13.1. The topological polar surface area (TPSA) is 100 Å². The molecule has 156 valence electrons. The van der Waals surface area contributed by atoms with Crippen molar-refractivity contribution in [3.8, 4) is 0 Å². The van der Waals surface area contributed by atoms with Crippen LogP contribution in [0.2, 0.25) is 0 Å². The molecule has 1 aliphatic heterocycles. The lowest BCUT2D eigenvalue weighted by molar-refractivity contribution is 0.587. The third-order valence-electron chi connectivity index (χ3n) is 4.73. The van der Waals surface area contributed by atoms with Gasteiger partial charge < -0.3 is 15.5 Å². The van der Waals surface area contributed by atoms with E-state index in [0.29, 0.717) is 37.1 Å². The molecule has 0 aliphatic carbocycles. The van der Waals surface area contributed by atoms with Crippen LogP contribution in [0.4, 0.5) is 27.5 Å². The van der Waals surface area contributed by atoms with Crippen LogP contribution in [0.15, 0.2) is 55.0 Å². The summed E-state index contributed by atoms with van der Waals surface area (Å²) in [6.45, 7) is 1.32. The first-order valence-corrected chi connectivity index (χ1v) is 11.3. The number of aromatic nitrogens is 3. The van der Waals surface area contributed by atoms with Gasteiger partial charge in [0.05, 0.1) is 17.7 Å². The number of nitrogens with one attached hydrogen (secondary N) is 2. The van der Waals surface area contributed by atoms with Crippen LogP contribution in [0.25, 0.3) is 0 Å². The third-order valence-corrected chi connectivity index (χ3v) is 6.34. The van der Waals surface area contributed by atoms with Crippen molar-refractivity contribution in [1.82, 2.24) is 15.0 Å². The molecule has 1 aromatic carbocycles. The number of halogens is 1. The lowest BCUT2D eigenvalue weighted by atomic mass is 10.2. The molecule has 0 saturated carbocycles. The van der Waals surface area contributed by atoms with Crippen LogP contribution >= 0.6 is 0 Å². The fourth-order valence-corrected chi connectivity index (χ4v) is 4.31. The third kappa shape index (κ3) is 5.20. The van der Waals surface area contributed by atoms with E-state index in [1.54, 1.807) is 30.7 Å². The highest BCUT2D eigenvalue weighted by Gasteiger charge is 2.22. The Hall–Kier alpha value is -3.27. The molecule has 0 radical (unpaired) electrons. The molecule has 4 rings (SSSR count). The number of nitrogens with zero attached hydrogens (tertiary/aromatic N) is 4. The van der Waals surface area contributed by atoms with Gasteiger partial charge in [-0.3, -0.25) is 4.98 Å². The van der Waals surface area contributed by atoms with Gasteiger partial charge in [0.25, 0.3) is 0 Å². The number of anilines is 4. The van der Waals surface area contributed by atoms with Gasteiger partial charge >= 0.3 is 0 Å². The van der Waals surface area contributed by atoms with E-state index in [2.05, 4.69) is 25.6 Å². The zero-order chi connectivity index (χ0) is 21.0. The van der Waals surface area contributed by atoms with Crippen molar-refractivity contribution in [3.05, 3.63) is 66.4 Å². The van der Waals surface area contributed by atoms with E-state index in [9.17, 15) is 12.8 Å². The van der Waals surface area contributed by atoms with Crippen molar-refractivity contribution >= 4 is 33.0 Å². The lowest BCUT2D eigenvalue weighted by Gasteiger charge is -2.29. The Morgan fingerprint density at radius 1 is 1.00 bits per heavy atom. The number of pyridine rings is 1. The summed E-state index contributed by atoms with van der Waals surface area (Å²) in [6.07, 6.45) is 4.75. The largest absolute Gasteiger partial charge is 0.369 e. The number of rotatable bonds is 6. The molecule has 3 aromatic rings. The molecular weight excluding hydrogens is 407 g/mol. The molecule has 0 unspecified atom stereocenters. The SMILES string of the molecule is O=S1(=O)CCN(c2cc(NCc3ccc(F)cc3)nc(Nc3cnccn3)c2)CC1. The van der Waals surface area contributed by atoms with E-state index in [1.807, 2.05) is 17.0 Å². The summed E-state index contributed by atoms with van der Waals surface area (Å²) in [7, 11) is -2.98. The van der Waals surface area contributed by atoms with E-state index < -0.39 is 9.84 Å². The van der Waals surface area contributed by atoms with Gasteiger partial charge in [0.1, 0.15) is 23.3 Å². The summed E-state index contributed by atoms with van der Waals surface area (Å²) in [6, 6.07) is 9.98. The lowest BCUT2D eigenvalue weighted by Crippen LogP contribution is -2.40. The van der Waals surface area contributed by atoms with Crippen LogP contribution in [0.3, 0.4) is 0 Å². The summed E-state index contributed by atoms with van der Waals surface area (Å²) in [5, 5.41) is 6.37. The van der Waals surface area contributed by atoms with Crippen LogP contribution in [-0.4, -0.2) is 48.0 Å². The quantitative estimate of drug-likeness (QED) is 0.618. The van der Waals surface area contributed by atoms with Crippen molar-refractivity contribution in [2.75, 3.05) is 40.1 Å². The first-order chi connectivity index (χ1) is 14.5. The van der Waals surface area contributed by atoms with E-state index in [-0.39, 0.29) is 17.3 Å². The predicted molar refractivity (Wildman–Crippen MR) is 114 cm³/mol. The highest BCUT2D eigenvalue weighted by Crippen LogP contribution is 2.26. The smallest absolute Gasteiger partial charge is 0.153 e. The van der Waals surface area contributed by atoms with E-state index in [0.717, 1.165) is 11.3 Å². The average molecular weight is 428 g/mol. The summed E-state index contributed by atoms with van der Waals surface area (Å²) in [5.74, 6) is 1.68. The van der Waals surface area contributed by atoms with E-state index in [1.165, 1.54) is 12.1 Å². The first-order valence-electron chi connectivity index (χ1n) is 9.46. The Kier molecular flexibility index (Phi) is 5.75. The predicted octanol–water partition coefficient (Wildman–Crippen LogP) is 2.60. The Morgan fingerprint density at radius 3 is 2.43 bits per heavy atom. The van der Waals surface area contributed by atoms with Crippen molar-refractivity contribution in [2.24, 2.45) is 0 Å². The fraction of sp³-hybridized carbons (Fsp3) is 0.250. The second kappa shape index (κ2) is 8.62. The van der Waals surface area contributed by atoms with Crippen LogP contribution in [0.5, 0.6) is 0 Å². The Bertz CT molecular complexity index is 1100. The van der Waals surface area contributed by atoms with E-state index in [4.69, 9.17) is 0 Å². The number of hydrogen-bond acceptors (Lipinski definition) is 8. The summed E-state index contributed by atoms with van der Waals surface area (Å²) >= 11 is 0. The standard InChI is InChI=1S/C20H21FN6O2S/c21-16-3-1-15(2-4-16)13-24-18-11-17(27-7-9-30(28,29)10-8-27)12-19(25-18)26-20-14-22-5-6-23-20/h1-6,11-12,14H,7-10,13H2,(H2,23,24,25,26). The summed E-state index contributed by atoms with van der Waals surface area (Å²) < 4.78 is 36.7. The maximum atomic E-state index is 13.1. The van der Waals surface area contributed by atoms with Crippen molar-refractivity contribution in [1.29, 1.82) is 0 Å². The van der Waals surface area contributed by atoms with Crippen LogP contribution < -0.4 is 15.5 Å². The minimum Gasteiger partial charge on any atom is -0.369 e. The van der Waals surface area contributed by atoms with Gasteiger partial charge in [0.2, 0.25) is 0 Å². The number of hydrogen-bond donors (Lipinski definition) is 2. The van der Waals surface area contributed by atoms with Crippen molar-refractivity contribution < 1.29 is 12.8 Å². The molecule has 1 aliphatic rings. The molecule has 1 saturated heterocycles. The second-order valence-electron chi connectivity index (χ2n) is 6.93. The molecule has 1 fully saturated rings. The van der Waals surface area contributed by atoms with Gasteiger partial charge in [-0.25, -0.2) is 22.8 Å². The highest BCUT2D eigenvalue weighted by atomic mass is 32.2. The Labute approximate surface area is 174 Å². The van der Waals surface area contributed by atoms with E-state index >= 15 is 0 Å². The van der Waals surface area contributed by atoms with Crippen LogP contribution in [-0.2, 0) is 16.4 Å². The van der Waals surface area contributed by atoms with Crippen molar-refractivity contribution in [2.45, 2.75) is 6.54 Å². The Balaban J connectivity index is 1.57. The first kappa shape index (κ1) is 20.0. The van der Waals surface area contributed by atoms with Crippen LogP contribution in [0.1, 0.15) is 5.56 Å². The Morgan fingerprint density at radius 2 is 1.73 bits per heavy atom. The average Bonchev–Trinajstić information content (AvgIpc) is 2.74. The maximum Gasteiger partial charge on any atom is 0.153 e. The van der Waals surface area contributed by atoms with Gasteiger partial charge in [-0.15, -0.1) is 0 Å². The molecule has 2 N–H and O–H groups in total. The minimum absolute atomic E-state index is 0.126. The van der Waals surface area contributed by atoms with Crippen molar-refractivity contribution in [3.63, 3.8) is 0 Å². The molecule has 0 amide bonds. The number of benzene rings is 1. The summed E-state index contributed by atoms with van der Waals surface area (Å²) in [5.41, 5.74) is 1.77. The molecular formula is C20H21FN6O2S. The van der Waals surface area contributed by atoms with Crippen LogP contribution in [0, 0.1) is 5.82 Å². The minimum atomic E-state index is -2.98. The normalized spacial score (nSPS) is 15.6. The zero-order valence-corrected chi connectivity index (χ0v) is 16.9. The molecule has 3 heterocycles. The molecule has 8 nitrogen and oxygen atoms in total. The molecule has 2 aromatic heterocycles. The molecule has 30 heavy (non-hydrogen) atoms. The van der Waals surface area contributed by atoms with Gasteiger partial charge in [-0.05, 0) is 17.7 Å². The highest BCUT2D eigenvalue weighted by molar-refractivity contribution is 7.91. The molecule has 0 bridgehead atoms. The van der Waals surface area contributed by atoms with Gasteiger partial charge in [-0.2, -0.15) is 0 Å². The summed E-state index contributed by atoms with van der Waals surface area (Å²) in [4.78, 5) is 14.8. The molecule has 0 spiro atoms. The molecule has 10 heteroatoms. The molecule has 0 atom stereocenters. The zero-order valence-electron chi connectivity index (χ0n) is 16.1. The fourth-order valence-electron chi connectivity index (χ4n) is 3.11.